The van der Waals surface area contributed by atoms with Crippen molar-refractivity contribution in [3.63, 3.8) is 0 Å². The summed E-state index contributed by atoms with van der Waals surface area (Å²) in [6.07, 6.45) is 0. The maximum absolute atomic E-state index is 13.7. The normalized spacial score (nSPS) is 11.9. The van der Waals surface area contributed by atoms with Crippen LogP contribution >= 0.6 is 0 Å². The number of rotatable bonds is 4. The van der Waals surface area contributed by atoms with Crippen molar-refractivity contribution >= 4 is 5.91 Å². The van der Waals surface area contributed by atoms with Crippen LogP contribution in [0.5, 0.6) is 11.5 Å². The van der Waals surface area contributed by atoms with E-state index in [1.165, 1.54) is 25.3 Å². The smallest absolute Gasteiger partial charge is 0.258 e. The molecule has 0 radical (unpaired) electrons. The number of benzene rings is 2. The molecule has 2 rings (SSSR count). The number of aromatic hydroxyl groups is 1. The van der Waals surface area contributed by atoms with Crippen molar-refractivity contribution in [2.45, 2.75) is 13.0 Å². The third kappa shape index (κ3) is 3.56. The van der Waals surface area contributed by atoms with Crippen molar-refractivity contribution in [1.29, 1.82) is 0 Å². The number of hydrogen-bond acceptors (Lipinski definition) is 3. The van der Waals surface area contributed by atoms with Gasteiger partial charge in [0.15, 0.2) is 11.6 Å². The SMILES string of the molecule is COc1ccc(C(C)NC(=O)c2c(O)cc(F)cc2F)cc1F. The lowest BCUT2D eigenvalue weighted by Gasteiger charge is -2.16. The second-order valence-corrected chi connectivity index (χ2v) is 4.87. The van der Waals surface area contributed by atoms with E-state index in [-0.39, 0.29) is 5.75 Å². The minimum absolute atomic E-state index is 0.0505. The Morgan fingerprint density at radius 1 is 1.17 bits per heavy atom. The van der Waals surface area contributed by atoms with E-state index in [2.05, 4.69) is 5.32 Å². The predicted octanol–water partition coefficient (Wildman–Crippen LogP) is 3.31. The quantitative estimate of drug-likeness (QED) is 0.907. The zero-order valence-electron chi connectivity index (χ0n) is 12.4. The van der Waals surface area contributed by atoms with Gasteiger partial charge in [0.2, 0.25) is 0 Å². The first-order valence-electron chi connectivity index (χ1n) is 6.65. The van der Waals surface area contributed by atoms with Crippen LogP contribution in [-0.2, 0) is 0 Å². The summed E-state index contributed by atoms with van der Waals surface area (Å²) in [5.74, 6) is -4.50. The van der Waals surface area contributed by atoms with Gasteiger partial charge in [-0.3, -0.25) is 4.79 Å². The fourth-order valence-electron chi connectivity index (χ4n) is 2.09. The van der Waals surface area contributed by atoms with Crippen LogP contribution in [0.15, 0.2) is 30.3 Å². The highest BCUT2D eigenvalue weighted by Gasteiger charge is 2.21. The van der Waals surface area contributed by atoms with Crippen LogP contribution in [0.4, 0.5) is 13.2 Å². The number of halogens is 3. The van der Waals surface area contributed by atoms with E-state index in [1.54, 1.807) is 6.92 Å². The highest BCUT2D eigenvalue weighted by molar-refractivity contribution is 5.97. The molecule has 2 aromatic rings. The molecule has 4 nitrogen and oxygen atoms in total. The number of carbonyl (C=O) groups is 1. The Balaban J connectivity index is 2.22. The van der Waals surface area contributed by atoms with Crippen molar-refractivity contribution in [1.82, 2.24) is 5.32 Å². The topological polar surface area (TPSA) is 58.6 Å². The van der Waals surface area contributed by atoms with E-state index in [0.717, 1.165) is 0 Å². The third-order valence-electron chi connectivity index (χ3n) is 3.28. The summed E-state index contributed by atoms with van der Waals surface area (Å²) in [5.41, 5.74) is -0.258. The Labute approximate surface area is 130 Å². The van der Waals surface area contributed by atoms with Gasteiger partial charge < -0.3 is 15.2 Å². The third-order valence-corrected chi connectivity index (χ3v) is 3.28. The summed E-state index contributed by atoms with van der Waals surface area (Å²) in [5, 5.41) is 11.9. The average Bonchev–Trinajstić information content (AvgIpc) is 2.45. The molecule has 7 heteroatoms. The van der Waals surface area contributed by atoms with Crippen molar-refractivity contribution in [2.24, 2.45) is 0 Å². The number of hydrogen-bond donors (Lipinski definition) is 2. The maximum atomic E-state index is 13.7. The summed E-state index contributed by atoms with van der Waals surface area (Å²) >= 11 is 0. The van der Waals surface area contributed by atoms with Crippen molar-refractivity contribution in [2.75, 3.05) is 7.11 Å². The molecule has 1 amide bonds. The Hall–Kier alpha value is -2.70. The van der Waals surface area contributed by atoms with Gasteiger partial charge in [-0.1, -0.05) is 6.07 Å². The molecule has 1 unspecified atom stereocenters. The van der Waals surface area contributed by atoms with Gasteiger partial charge in [-0.2, -0.15) is 0 Å². The molecule has 0 saturated carbocycles. The average molecular weight is 325 g/mol. The number of phenolic OH excluding ortho intramolecular Hbond substituents is 1. The van der Waals surface area contributed by atoms with E-state index < -0.39 is 40.7 Å². The van der Waals surface area contributed by atoms with Gasteiger partial charge in [-0.25, -0.2) is 13.2 Å². The summed E-state index contributed by atoms with van der Waals surface area (Å²) in [6.45, 7) is 1.55. The highest BCUT2D eigenvalue weighted by atomic mass is 19.1. The van der Waals surface area contributed by atoms with Crippen LogP contribution in [0.2, 0.25) is 0 Å². The number of ether oxygens (including phenoxy) is 1. The van der Waals surface area contributed by atoms with E-state index >= 15 is 0 Å². The second kappa shape index (κ2) is 6.60. The lowest BCUT2D eigenvalue weighted by molar-refractivity contribution is 0.0932. The monoisotopic (exact) mass is 325 g/mol. The van der Waals surface area contributed by atoms with Gasteiger partial charge in [0.25, 0.3) is 5.91 Å². The Morgan fingerprint density at radius 2 is 1.87 bits per heavy atom. The summed E-state index contributed by atoms with van der Waals surface area (Å²) < 4.78 is 45.0. The molecule has 0 heterocycles. The van der Waals surface area contributed by atoms with E-state index in [9.17, 15) is 23.1 Å². The zero-order chi connectivity index (χ0) is 17.1. The molecule has 122 valence electrons. The van der Waals surface area contributed by atoms with Gasteiger partial charge in [-0.05, 0) is 24.6 Å². The number of phenols is 1. The zero-order valence-corrected chi connectivity index (χ0v) is 12.4. The lowest BCUT2D eigenvalue weighted by Crippen LogP contribution is -2.27. The molecule has 1 atom stereocenters. The molecule has 0 aromatic heterocycles. The molecule has 23 heavy (non-hydrogen) atoms. The van der Waals surface area contributed by atoms with Gasteiger partial charge in [0, 0.05) is 12.1 Å². The number of amides is 1. The summed E-state index contributed by atoms with van der Waals surface area (Å²) in [6, 6.07) is 4.55. The number of methoxy groups -OCH3 is 1. The molecule has 0 aliphatic heterocycles. The van der Waals surface area contributed by atoms with Crippen LogP contribution in [0.1, 0.15) is 28.9 Å². The van der Waals surface area contributed by atoms with Crippen LogP contribution in [0.3, 0.4) is 0 Å². The minimum Gasteiger partial charge on any atom is -0.507 e. The standard InChI is InChI=1S/C16H14F3NO3/c1-8(9-3-4-14(23-2)11(18)5-9)20-16(22)15-12(19)6-10(17)7-13(15)21/h3-8,21H,1-2H3,(H,20,22). The fraction of sp³-hybridized carbons (Fsp3) is 0.188. The Morgan fingerprint density at radius 3 is 2.43 bits per heavy atom. The largest absolute Gasteiger partial charge is 0.507 e. The van der Waals surface area contributed by atoms with E-state index in [0.29, 0.717) is 17.7 Å². The first-order chi connectivity index (χ1) is 10.8. The molecular weight excluding hydrogens is 311 g/mol. The number of carbonyl (C=O) groups excluding carboxylic acids is 1. The van der Waals surface area contributed by atoms with Crippen molar-refractivity contribution < 1.29 is 27.8 Å². The summed E-state index contributed by atoms with van der Waals surface area (Å²) in [7, 11) is 1.32. The lowest BCUT2D eigenvalue weighted by atomic mass is 10.1. The molecule has 0 fully saturated rings. The van der Waals surface area contributed by atoms with Crippen LogP contribution < -0.4 is 10.1 Å². The van der Waals surface area contributed by atoms with E-state index in [4.69, 9.17) is 4.74 Å². The Kier molecular flexibility index (Phi) is 4.78. The molecule has 0 aliphatic rings. The van der Waals surface area contributed by atoms with Gasteiger partial charge in [-0.15, -0.1) is 0 Å². The maximum Gasteiger partial charge on any atom is 0.258 e. The fourth-order valence-corrected chi connectivity index (χ4v) is 2.09. The molecule has 2 aromatic carbocycles. The highest BCUT2D eigenvalue weighted by Crippen LogP contribution is 2.25. The summed E-state index contributed by atoms with van der Waals surface area (Å²) in [4.78, 5) is 12.0. The molecular formula is C16H14F3NO3. The van der Waals surface area contributed by atoms with Gasteiger partial charge >= 0.3 is 0 Å². The molecule has 2 N–H and O–H groups in total. The van der Waals surface area contributed by atoms with Gasteiger partial charge in [0.05, 0.1) is 13.2 Å². The van der Waals surface area contributed by atoms with Crippen LogP contribution in [-0.4, -0.2) is 18.1 Å². The first kappa shape index (κ1) is 16.7. The minimum atomic E-state index is -1.19. The van der Waals surface area contributed by atoms with Crippen LogP contribution in [0.25, 0.3) is 0 Å². The molecule has 0 spiro atoms. The molecule has 0 bridgehead atoms. The van der Waals surface area contributed by atoms with Crippen molar-refractivity contribution in [3.8, 4) is 11.5 Å². The second-order valence-electron chi connectivity index (χ2n) is 4.87. The Bertz CT molecular complexity index is 726. The van der Waals surface area contributed by atoms with Crippen molar-refractivity contribution in [3.05, 3.63) is 58.9 Å². The predicted molar refractivity (Wildman–Crippen MR) is 76.9 cm³/mol. The molecule has 0 aliphatic carbocycles. The van der Waals surface area contributed by atoms with Crippen LogP contribution in [0, 0.1) is 17.5 Å². The van der Waals surface area contributed by atoms with Gasteiger partial charge in [0.1, 0.15) is 22.9 Å². The number of nitrogens with one attached hydrogen (secondary N) is 1. The van der Waals surface area contributed by atoms with E-state index in [1.807, 2.05) is 0 Å². The first-order valence-corrected chi connectivity index (χ1v) is 6.65. The molecule has 0 saturated heterocycles.